The van der Waals surface area contributed by atoms with Crippen LogP contribution in [0, 0.1) is 13.8 Å². The summed E-state index contributed by atoms with van der Waals surface area (Å²) in [6.45, 7) is 4.70. The number of benzene rings is 1. The summed E-state index contributed by atoms with van der Waals surface area (Å²) in [4.78, 5) is 11.9. The number of hydrogen-bond donors (Lipinski definition) is 1. The van der Waals surface area contributed by atoms with Crippen LogP contribution in [0.15, 0.2) is 12.1 Å². The zero-order valence-electron chi connectivity index (χ0n) is 10.6. The van der Waals surface area contributed by atoms with Gasteiger partial charge in [0.25, 0.3) is 0 Å². The molecule has 1 rings (SSSR count). The van der Waals surface area contributed by atoms with Crippen LogP contribution in [0.2, 0.25) is 0 Å². The first-order valence-corrected chi connectivity index (χ1v) is 5.56. The molecule has 0 atom stereocenters. The Morgan fingerprint density at radius 3 is 2.59 bits per heavy atom. The molecule has 4 heteroatoms. The number of ether oxygens (including phenoxy) is 2. The Morgan fingerprint density at radius 2 is 2.00 bits per heavy atom. The fraction of sp³-hybridized carbons (Fsp3) is 0.462. The Balaban J connectivity index is 2.83. The normalized spacial score (nSPS) is 10.4. The number of carbonyl (C=O) groups is 1. The molecular weight excluding hydrogens is 218 g/mol. The minimum absolute atomic E-state index is 0.0262. The molecule has 0 amide bonds. The summed E-state index contributed by atoms with van der Waals surface area (Å²) in [6.07, 6.45) is 0. The van der Waals surface area contributed by atoms with Gasteiger partial charge in [0.05, 0.1) is 13.7 Å². The van der Waals surface area contributed by atoms with Gasteiger partial charge in [-0.25, -0.2) is 0 Å². The summed E-state index contributed by atoms with van der Waals surface area (Å²) in [6, 6.07) is 3.70. The zero-order chi connectivity index (χ0) is 12.8. The lowest BCUT2D eigenvalue weighted by molar-refractivity contribution is 0.0773. The van der Waals surface area contributed by atoms with Crippen LogP contribution in [0.3, 0.4) is 0 Å². The third-order valence-corrected chi connectivity index (χ3v) is 2.54. The minimum Gasteiger partial charge on any atom is -0.496 e. The number of hydrogen-bond acceptors (Lipinski definition) is 4. The third-order valence-electron chi connectivity index (χ3n) is 2.54. The van der Waals surface area contributed by atoms with Crippen molar-refractivity contribution in [2.24, 2.45) is 5.73 Å². The first kappa shape index (κ1) is 13.7. The van der Waals surface area contributed by atoms with Crippen molar-refractivity contribution in [2.45, 2.75) is 13.8 Å². The fourth-order valence-electron chi connectivity index (χ4n) is 1.64. The van der Waals surface area contributed by atoms with Gasteiger partial charge in [-0.1, -0.05) is 0 Å². The minimum atomic E-state index is -0.0262. The van der Waals surface area contributed by atoms with Crippen molar-refractivity contribution in [3.05, 3.63) is 28.8 Å². The molecule has 0 fully saturated rings. The molecule has 2 N–H and O–H groups in total. The number of methoxy groups -OCH3 is 1. The number of rotatable bonds is 6. The summed E-state index contributed by atoms with van der Waals surface area (Å²) in [5.74, 6) is 0.767. The molecule has 0 aromatic heterocycles. The van der Waals surface area contributed by atoms with Gasteiger partial charge in [0.1, 0.15) is 12.4 Å². The molecule has 0 saturated heterocycles. The lowest BCUT2D eigenvalue weighted by Crippen LogP contribution is -2.15. The Hall–Kier alpha value is -1.39. The summed E-state index contributed by atoms with van der Waals surface area (Å²) in [7, 11) is 1.62. The monoisotopic (exact) mass is 237 g/mol. The van der Waals surface area contributed by atoms with E-state index in [9.17, 15) is 4.79 Å². The maximum absolute atomic E-state index is 11.9. The van der Waals surface area contributed by atoms with E-state index in [1.807, 2.05) is 26.0 Å². The number of carbonyl (C=O) groups excluding carboxylic acids is 1. The molecule has 0 aliphatic carbocycles. The predicted octanol–water partition coefficient (Wildman–Crippen LogP) is 1.47. The molecule has 0 saturated carbocycles. The highest BCUT2D eigenvalue weighted by Gasteiger charge is 2.12. The first-order valence-electron chi connectivity index (χ1n) is 5.56. The van der Waals surface area contributed by atoms with E-state index >= 15 is 0 Å². The molecule has 0 heterocycles. The van der Waals surface area contributed by atoms with Gasteiger partial charge in [-0.2, -0.15) is 0 Å². The molecule has 0 aliphatic rings. The van der Waals surface area contributed by atoms with Gasteiger partial charge in [0, 0.05) is 12.1 Å². The van der Waals surface area contributed by atoms with E-state index in [4.69, 9.17) is 15.2 Å². The molecule has 0 bridgehead atoms. The fourth-order valence-corrected chi connectivity index (χ4v) is 1.64. The second-order valence-electron chi connectivity index (χ2n) is 3.90. The smallest absolute Gasteiger partial charge is 0.188 e. The van der Waals surface area contributed by atoms with Gasteiger partial charge in [-0.15, -0.1) is 0 Å². The van der Waals surface area contributed by atoms with Crippen LogP contribution in [0.25, 0.3) is 0 Å². The molecule has 4 nitrogen and oxygen atoms in total. The average molecular weight is 237 g/mol. The molecule has 0 spiro atoms. The maximum atomic E-state index is 11.9. The van der Waals surface area contributed by atoms with Crippen molar-refractivity contribution in [1.82, 2.24) is 0 Å². The van der Waals surface area contributed by atoms with Crippen LogP contribution in [0.5, 0.6) is 5.75 Å². The van der Waals surface area contributed by atoms with Crippen LogP contribution in [0.4, 0.5) is 0 Å². The van der Waals surface area contributed by atoms with Gasteiger partial charge in [-0.05, 0) is 37.1 Å². The van der Waals surface area contributed by atoms with Crippen LogP contribution < -0.4 is 10.5 Å². The van der Waals surface area contributed by atoms with E-state index in [1.54, 1.807) is 7.11 Å². The standard InChI is InChI=1S/C13H19NO3/c1-9-7-13(16-3)10(2)6-11(9)12(15)8-17-5-4-14/h6-7H,4-5,8,14H2,1-3H3. The quantitative estimate of drug-likeness (QED) is 0.601. The molecule has 1 aromatic rings. The van der Waals surface area contributed by atoms with Crippen molar-refractivity contribution in [3.8, 4) is 5.75 Å². The molecular formula is C13H19NO3. The SMILES string of the molecule is COc1cc(C)c(C(=O)COCCN)cc1C. The topological polar surface area (TPSA) is 61.5 Å². The van der Waals surface area contributed by atoms with Crippen molar-refractivity contribution in [3.63, 3.8) is 0 Å². The Bertz CT molecular complexity index is 402. The van der Waals surface area contributed by atoms with Crippen molar-refractivity contribution < 1.29 is 14.3 Å². The van der Waals surface area contributed by atoms with Crippen LogP contribution in [0.1, 0.15) is 21.5 Å². The van der Waals surface area contributed by atoms with Crippen LogP contribution in [-0.2, 0) is 4.74 Å². The highest BCUT2D eigenvalue weighted by atomic mass is 16.5. The van der Waals surface area contributed by atoms with Crippen molar-refractivity contribution in [1.29, 1.82) is 0 Å². The van der Waals surface area contributed by atoms with E-state index in [2.05, 4.69) is 0 Å². The second-order valence-corrected chi connectivity index (χ2v) is 3.90. The highest BCUT2D eigenvalue weighted by Crippen LogP contribution is 2.22. The number of Topliss-reactive ketones (excluding diaryl/α,β-unsaturated/α-hetero) is 1. The molecule has 0 unspecified atom stereocenters. The molecule has 0 aliphatic heterocycles. The first-order chi connectivity index (χ1) is 8.10. The van der Waals surface area contributed by atoms with Gasteiger partial charge in [0.2, 0.25) is 0 Å². The van der Waals surface area contributed by atoms with Crippen molar-refractivity contribution in [2.75, 3.05) is 26.9 Å². The van der Waals surface area contributed by atoms with Gasteiger partial charge < -0.3 is 15.2 Å². The average Bonchev–Trinajstić information content (AvgIpc) is 2.31. The van der Waals surface area contributed by atoms with Crippen LogP contribution >= 0.6 is 0 Å². The molecule has 17 heavy (non-hydrogen) atoms. The maximum Gasteiger partial charge on any atom is 0.188 e. The predicted molar refractivity (Wildman–Crippen MR) is 66.7 cm³/mol. The van der Waals surface area contributed by atoms with E-state index < -0.39 is 0 Å². The number of nitrogens with two attached hydrogens (primary N) is 1. The highest BCUT2D eigenvalue weighted by molar-refractivity contribution is 5.98. The molecule has 94 valence electrons. The lowest BCUT2D eigenvalue weighted by atomic mass is 10.0. The Morgan fingerprint density at radius 1 is 1.29 bits per heavy atom. The Kier molecular flexibility index (Phi) is 5.12. The third kappa shape index (κ3) is 3.54. The van der Waals surface area contributed by atoms with Crippen LogP contribution in [-0.4, -0.2) is 32.7 Å². The van der Waals surface area contributed by atoms with E-state index in [0.29, 0.717) is 18.7 Å². The zero-order valence-corrected chi connectivity index (χ0v) is 10.6. The van der Waals surface area contributed by atoms with E-state index in [0.717, 1.165) is 16.9 Å². The number of aryl methyl sites for hydroxylation is 2. The summed E-state index contributed by atoms with van der Waals surface area (Å²) < 4.78 is 10.3. The largest absolute Gasteiger partial charge is 0.496 e. The van der Waals surface area contributed by atoms with Gasteiger partial charge >= 0.3 is 0 Å². The lowest BCUT2D eigenvalue weighted by Gasteiger charge is -2.10. The van der Waals surface area contributed by atoms with Crippen molar-refractivity contribution >= 4 is 5.78 Å². The summed E-state index contributed by atoms with van der Waals surface area (Å²) in [5, 5.41) is 0. The Labute approximate surface area is 102 Å². The van der Waals surface area contributed by atoms with E-state index in [1.165, 1.54) is 0 Å². The van der Waals surface area contributed by atoms with E-state index in [-0.39, 0.29) is 12.4 Å². The van der Waals surface area contributed by atoms with Gasteiger partial charge in [-0.3, -0.25) is 4.79 Å². The molecule has 0 radical (unpaired) electrons. The summed E-state index contributed by atoms with van der Waals surface area (Å²) in [5.41, 5.74) is 7.82. The molecule has 1 aromatic carbocycles. The van der Waals surface area contributed by atoms with Gasteiger partial charge in [0.15, 0.2) is 5.78 Å². The number of ketones is 1. The summed E-state index contributed by atoms with van der Waals surface area (Å²) >= 11 is 0. The second kappa shape index (κ2) is 6.37.